The Morgan fingerprint density at radius 3 is 2.51 bits per heavy atom. The Balaban J connectivity index is 0.727. The van der Waals surface area contributed by atoms with Crippen LogP contribution in [-0.4, -0.2) is 132 Å². The van der Waals surface area contributed by atoms with Gasteiger partial charge in [-0.25, -0.2) is 18.1 Å². The number of carbonyl (C=O) groups excluding carboxylic acids is 5. The molecule has 5 aliphatic rings. The average Bonchev–Trinajstić information content (AvgIpc) is 3.45. The summed E-state index contributed by atoms with van der Waals surface area (Å²) in [5.41, 5.74) is 6.47. The molecule has 6 heterocycles. The molecule has 4 aromatic carbocycles. The lowest BCUT2D eigenvalue weighted by atomic mass is 9.72. The molecule has 3 saturated heterocycles. The number of hydrogen-bond acceptors (Lipinski definition) is 15. The number of nitrogens with zero attached hydrogens (tertiary/aromatic N) is 6. The molecule has 432 valence electrons. The van der Waals surface area contributed by atoms with E-state index in [9.17, 15) is 42.5 Å². The Morgan fingerprint density at radius 1 is 0.916 bits per heavy atom. The van der Waals surface area contributed by atoms with Crippen molar-refractivity contribution in [3.05, 3.63) is 152 Å². The molecule has 83 heavy (non-hydrogen) atoms. The number of allylic oxidation sites excluding steroid dienone is 1. The highest BCUT2D eigenvalue weighted by atomic mass is 35.5. The molecule has 5 amide bonds. The minimum Gasteiger partial charge on any atom is -0.455 e. The van der Waals surface area contributed by atoms with E-state index in [2.05, 4.69) is 66.0 Å². The number of benzene rings is 4. The van der Waals surface area contributed by atoms with E-state index in [1.54, 1.807) is 36.5 Å². The molecule has 0 bridgehead atoms. The number of fused-ring (bicyclic) bond motifs is 2. The van der Waals surface area contributed by atoms with E-state index in [1.165, 1.54) is 41.1 Å². The van der Waals surface area contributed by atoms with Gasteiger partial charge in [0.2, 0.25) is 11.8 Å². The molecule has 6 aromatic rings. The number of likely N-dealkylation sites (tertiary alicyclic amines) is 1. The summed E-state index contributed by atoms with van der Waals surface area (Å²) in [6.07, 6.45) is 9.38. The minimum absolute atomic E-state index is 0.0345. The van der Waals surface area contributed by atoms with Crippen molar-refractivity contribution in [2.45, 2.75) is 82.6 Å². The van der Waals surface area contributed by atoms with Gasteiger partial charge in [-0.1, -0.05) is 55.3 Å². The van der Waals surface area contributed by atoms with E-state index in [0.717, 1.165) is 80.3 Å². The third-order valence-electron chi connectivity index (χ3n) is 16.7. The number of aromatic amines is 1. The lowest BCUT2D eigenvalue weighted by Crippen LogP contribution is -2.54. The van der Waals surface area contributed by atoms with Gasteiger partial charge in [0.05, 0.1) is 32.7 Å². The van der Waals surface area contributed by atoms with E-state index < -0.39 is 61.1 Å². The van der Waals surface area contributed by atoms with Crippen LogP contribution in [0.4, 0.5) is 17.1 Å². The van der Waals surface area contributed by atoms with E-state index >= 15 is 0 Å². The number of nitro groups is 1. The maximum atomic E-state index is 14.2. The van der Waals surface area contributed by atoms with Crippen LogP contribution < -0.4 is 25.0 Å². The molecule has 0 radical (unpaired) electrons. The van der Waals surface area contributed by atoms with Gasteiger partial charge in [-0.05, 0) is 147 Å². The SMILES string of the molecule is CC1(C)CCC(CN2CCN(c3ccc(C(=O)NS(=O)(=O)c4ccc(NCC5CCCN(CCCc6cccc7c6C(=O)N(C6CCC(=O)NC6=O)C7=O)C5)c([N+](=O)[O-])c4)c(Oc4cnc5[nH]ccc5c4)c3)CC2)=C(c2ccc(Cl)cc2)C1. The Morgan fingerprint density at radius 2 is 1.72 bits per heavy atom. The number of rotatable bonds is 18. The lowest BCUT2D eigenvalue weighted by molar-refractivity contribution is -0.384. The van der Waals surface area contributed by atoms with Gasteiger partial charge in [-0.2, -0.15) is 0 Å². The predicted molar refractivity (Wildman–Crippen MR) is 314 cm³/mol. The normalized spacial score (nSPS) is 19.7. The summed E-state index contributed by atoms with van der Waals surface area (Å²) in [5, 5.41) is 19.4. The van der Waals surface area contributed by atoms with Crippen LogP contribution in [0, 0.1) is 21.4 Å². The van der Waals surface area contributed by atoms with Gasteiger partial charge in [-0.15, -0.1) is 0 Å². The molecule has 2 atom stereocenters. The largest absolute Gasteiger partial charge is 0.455 e. The topological polar surface area (TPSA) is 250 Å². The fraction of sp³-hybridized carbons (Fsp3) is 0.377. The van der Waals surface area contributed by atoms with Crippen LogP contribution in [0.3, 0.4) is 0 Å². The molecule has 2 aromatic heterocycles. The molecule has 1 aliphatic carbocycles. The summed E-state index contributed by atoms with van der Waals surface area (Å²) < 4.78 is 36.5. The molecular formula is C61H65ClN10O10S. The van der Waals surface area contributed by atoms with Crippen molar-refractivity contribution in [2.24, 2.45) is 11.3 Å². The second-order valence-electron chi connectivity index (χ2n) is 23.0. The van der Waals surface area contributed by atoms with Crippen molar-refractivity contribution in [1.82, 2.24) is 34.7 Å². The van der Waals surface area contributed by atoms with Crippen LogP contribution >= 0.6 is 11.6 Å². The van der Waals surface area contributed by atoms with E-state index in [-0.39, 0.29) is 52.3 Å². The highest BCUT2D eigenvalue weighted by Crippen LogP contribution is 2.44. The first kappa shape index (κ1) is 56.9. The zero-order valence-electron chi connectivity index (χ0n) is 46.2. The number of halogens is 1. The number of carbonyl (C=O) groups is 5. The minimum atomic E-state index is -4.66. The summed E-state index contributed by atoms with van der Waals surface area (Å²) in [4.78, 5) is 92.4. The smallest absolute Gasteiger partial charge is 0.293 e. The number of hydrogen-bond donors (Lipinski definition) is 4. The van der Waals surface area contributed by atoms with Crippen LogP contribution in [0.1, 0.15) is 107 Å². The Kier molecular flexibility index (Phi) is 16.2. The fourth-order valence-corrected chi connectivity index (χ4v) is 13.4. The highest BCUT2D eigenvalue weighted by molar-refractivity contribution is 7.90. The Bertz CT molecular complexity index is 3710. The third-order valence-corrected chi connectivity index (χ3v) is 18.3. The fourth-order valence-electron chi connectivity index (χ4n) is 12.3. The van der Waals surface area contributed by atoms with Crippen molar-refractivity contribution in [3.63, 3.8) is 0 Å². The summed E-state index contributed by atoms with van der Waals surface area (Å²) in [6, 6.07) is 24.3. The number of pyridine rings is 1. The number of nitro benzene ring substituents is 1. The number of amides is 5. The quantitative estimate of drug-likeness (QED) is 0.0356. The molecule has 0 spiro atoms. The number of nitrogens with one attached hydrogen (secondary N) is 4. The number of H-pyrrole nitrogens is 1. The first-order valence-corrected chi connectivity index (χ1v) is 30.1. The first-order valence-electron chi connectivity index (χ1n) is 28.2. The van der Waals surface area contributed by atoms with Crippen LogP contribution in [-0.2, 0) is 26.0 Å². The molecule has 3 fully saturated rings. The molecule has 4 aliphatic heterocycles. The highest BCUT2D eigenvalue weighted by Gasteiger charge is 2.45. The zero-order valence-corrected chi connectivity index (χ0v) is 47.8. The zero-order chi connectivity index (χ0) is 58.2. The van der Waals surface area contributed by atoms with Gasteiger partial charge < -0.3 is 24.8 Å². The van der Waals surface area contributed by atoms with E-state index in [0.29, 0.717) is 67.5 Å². The number of aromatic nitrogens is 2. The van der Waals surface area contributed by atoms with Gasteiger partial charge >= 0.3 is 0 Å². The van der Waals surface area contributed by atoms with Gasteiger partial charge in [0.25, 0.3) is 33.4 Å². The summed E-state index contributed by atoms with van der Waals surface area (Å²) in [7, 11) is -4.66. The number of imide groups is 2. The summed E-state index contributed by atoms with van der Waals surface area (Å²) in [5.74, 6) is -2.67. The number of ether oxygens (including phenoxy) is 1. The monoisotopic (exact) mass is 1160 g/mol. The van der Waals surface area contributed by atoms with Crippen molar-refractivity contribution in [1.29, 1.82) is 0 Å². The average molecular weight is 1170 g/mol. The first-order chi connectivity index (χ1) is 39.9. The standard InChI is InChI=1S/C61H65ClN10O10S/c1-61(2)22-20-42(49(33-61)39-10-12-43(62)13-11-39)37-69-26-28-70(29-27-69)44-14-16-47(53(31-44)82-45-30-41-21-23-63-56(41)65-35-45)57(74)67-83(80,81)46-15-17-50(52(32-46)72(78)79)64-34-38-6-4-24-68(36-38)25-5-8-40-7-3-9-48-55(40)60(77)71(59(48)76)51-18-19-54(73)66-58(51)75/h3,7,9-17,21,23,30-32,35,38,51,64H,4-6,8,18-20,22,24-29,33-34,36-37H2,1-2H3,(H,63,65)(H,67,74)(H,66,73,75). The van der Waals surface area contributed by atoms with Crippen LogP contribution in [0.15, 0.2) is 114 Å². The van der Waals surface area contributed by atoms with Gasteiger partial charge in [0.15, 0.2) is 0 Å². The molecular weight excluding hydrogens is 1100 g/mol. The maximum absolute atomic E-state index is 14.2. The maximum Gasteiger partial charge on any atom is 0.293 e. The summed E-state index contributed by atoms with van der Waals surface area (Å²) in [6.45, 7) is 11.0. The Hall–Kier alpha value is -7.98. The predicted octanol–water partition coefficient (Wildman–Crippen LogP) is 8.98. The van der Waals surface area contributed by atoms with Crippen molar-refractivity contribution < 1.29 is 42.1 Å². The molecule has 11 rings (SSSR count). The number of aryl methyl sites for hydroxylation is 1. The van der Waals surface area contributed by atoms with Crippen molar-refractivity contribution >= 4 is 84.8 Å². The van der Waals surface area contributed by atoms with Gasteiger partial charge in [0.1, 0.15) is 28.9 Å². The van der Waals surface area contributed by atoms with Crippen molar-refractivity contribution in [2.75, 3.05) is 69.1 Å². The molecule has 0 saturated carbocycles. The molecule has 20 nitrogen and oxygen atoms in total. The number of anilines is 2. The lowest BCUT2D eigenvalue weighted by Gasteiger charge is -2.39. The third kappa shape index (κ3) is 12.5. The van der Waals surface area contributed by atoms with Gasteiger partial charge in [0, 0.05) is 86.7 Å². The number of piperidine rings is 2. The van der Waals surface area contributed by atoms with Crippen molar-refractivity contribution in [3.8, 4) is 11.5 Å². The second kappa shape index (κ2) is 23.7. The number of piperazine rings is 1. The molecule has 22 heteroatoms. The number of sulfonamides is 1. The van der Waals surface area contributed by atoms with Crippen LogP contribution in [0.5, 0.6) is 11.5 Å². The molecule has 4 N–H and O–H groups in total. The van der Waals surface area contributed by atoms with Gasteiger partial charge in [-0.3, -0.25) is 49.2 Å². The van der Waals surface area contributed by atoms with E-state index in [4.69, 9.17) is 16.3 Å². The van der Waals surface area contributed by atoms with E-state index in [1.807, 2.05) is 24.3 Å². The Labute approximate surface area is 485 Å². The van der Waals surface area contributed by atoms with Crippen LogP contribution in [0.2, 0.25) is 5.02 Å². The van der Waals surface area contributed by atoms with Crippen LogP contribution in [0.25, 0.3) is 16.6 Å². The molecule has 2 unspecified atom stereocenters. The summed E-state index contributed by atoms with van der Waals surface area (Å²) >= 11 is 6.27. The second-order valence-corrected chi connectivity index (χ2v) is 25.1.